The second kappa shape index (κ2) is 9.93. The van der Waals surface area contributed by atoms with Crippen LogP contribution in [0.25, 0.3) is 0 Å². The van der Waals surface area contributed by atoms with Gasteiger partial charge in [0, 0.05) is 36.1 Å². The Labute approximate surface area is 182 Å². The van der Waals surface area contributed by atoms with Crippen molar-refractivity contribution < 1.29 is 14.3 Å². The SMILES string of the molecule is CCOc1ccc(NC(=O)c2ccc(NC(=O)CCc3c(C)nn(C)c3C)cc2)cc1. The molecule has 0 aliphatic carbocycles. The topological polar surface area (TPSA) is 85.2 Å². The summed E-state index contributed by atoms with van der Waals surface area (Å²) in [5.74, 6) is 0.466. The third kappa shape index (κ3) is 5.72. The molecule has 1 heterocycles. The number of nitrogens with one attached hydrogen (secondary N) is 2. The van der Waals surface area contributed by atoms with Crippen LogP contribution in [0.3, 0.4) is 0 Å². The first-order valence-corrected chi connectivity index (χ1v) is 10.3. The van der Waals surface area contributed by atoms with Crippen LogP contribution in [-0.4, -0.2) is 28.2 Å². The van der Waals surface area contributed by atoms with Crippen molar-refractivity contribution in [2.75, 3.05) is 17.2 Å². The Morgan fingerprint density at radius 2 is 1.58 bits per heavy atom. The molecule has 2 amide bonds. The van der Waals surface area contributed by atoms with Gasteiger partial charge in [0.2, 0.25) is 5.91 Å². The summed E-state index contributed by atoms with van der Waals surface area (Å²) in [4.78, 5) is 24.8. The third-order valence-corrected chi connectivity index (χ3v) is 5.11. The lowest BCUT2D eigenvalue weighted by Crippen LogP contribution is -2.14. The average molecular weight is 421 g/mol. The maximum atomic E-state index is 12.4. The lowest BCUT2D eigenvalue weighted by Gasteiger charge is -2.09. The van der Waals surface area contributed by atoms with Crippen LogP contribution in [0.5, 0.6) is 5.75 Å². The Bertz CT molecular complexity index is 1050. The van der Waals surface area contributed by atoms with E-state index in [1.807, 2.05) is 44.6 Å². The molecular formula is C24H28N4O3. The molecule has 2 aromatic carbocycles. The summed E-state index contributed by atoms with van der Waals surface area (Å²) in [5.41, 5.74) is 4.99. The number of hydrogen-bond donors (Lipinski definition) is 2. The largest absolute Gasteiger partial charge is 0.494 e. The molecule has 0 aliphatic rings. The summed E-state index contributed by atoms with van der Waals surface area (Å²) >= 11 is 0. The molecule has 0 fully saturated rings. The van der Waals surface area contributed by atoms with Crippen molar-refractivity contribution in [1.82, 2.24) is 9.78 Å². The van der Waals surface area contributed by atoms with Crippen molar-refractivity contribution in [1.29, 1.82) is 0 Å². The third-order valence-electron chi connectivity index (χ3n) is 5.11. The van der Waals surface area contributed by atoms with Crippen LogP contribution in [0.15, 0.2) is 48.5 Å². The number of nitrogens with zero attached hydrogens (tertiary/aromatic N) is 2. The molecule has 0 saturated carbocycles. The van der Waals surface area contributed by atoms with Crippen LogP contribution in [0.4, 0.5) is 11.4 Å². The van der Waals surface area contributed by atoms with Crippen LogP contribution in [0.2, 0.25) is 0 Å². The van der Waals surface area contributed by atoms with Crippen molar-refractivity contribution in [2.24, 2.45) is 7.05 Å². The van der Waals surface area contributed by atoms with Crippen LogP contribution in [-0.2, 0) is 18.3 Å². The fraction of sp³-hybridized carbons (Fsp3) is 0.292. The summed E-state index contributed by atoms with van der Waals surface area (Å²) in [6, 6.07) is 14.0. The highest BCUT2D eigenvalue weighted by Gasteiger charge is 2.12. The molecule has 3 rings (SSSR count). The molecular weight excluding hydrogens is 392 g/mol. The van der Waals surface area contributed by atoms with Gasteiger partial charge in [-0.1, -0.05) is 0 Å². The second-order valence-corrected chi connectivity index (χ2v) is 7.31. The lowest BCUT2D eigenvalue weighted by molar-refractivity contribution is -0.116. The standard InChI is InChI=1S/C24H28N4O3/c1-5-31-21-12-10-20(11-13-21)26-24(30)18-6-8-19(9-7-18)25-23(29)15-14-22-16(2)27-28(4)17(22)3/h6-13H,5,14-15H2,1-4H3,(H,25,29)(H,26,30). The quantitative estimate of drug-likeness (QED) is 0.570. The predicted molar refractivity (Wildman–Crippen MR) is 122 cm³/mol. The maximum Gasteiger partial charge on any atom is 0.255 e. The number of amides is 2. The molecule has 7 nitrogen and oxygen atoms in total. The van der Waals surface area contributed by atoms with Crippen LogP contribution < -0.4 is 15.4 Å². The van der Waals surface area contributed by atoms with E-state index in [0.29, 0.717) is 36.4 Å². The first kappa shape index (κ1) is 22.1. The smallest absolute Gasteiger partial charge is 0.255 e. The number of carbonyl (C=O) groups is 2. The van der Waals surface area contributed by atoms with Gasteiger partial charge >= 0.3 is 0 Å². The Morgan fingerprint density at radius 1 is 0.968 bits per heavy atom. The molecule has 0 bridgehead atoms. The van der Waals surface area contributed by atoms with Gasteiger partial charge in [-0.2, -0.15) is 5.10 Å². The number of ether oxygens (including phenoxy) is 1. The van der Waals surface area contributed by atoms with Crippen molar-refractivity contribution >= 4 is 23.2 Å². The minimum Gasteiger partial charge on any atom is -0.494 e. The van der Waals surface area contributed by atoms with Crippen LogP contribution in [0.1, 0.15) is 40.7 Å². The average Bonchev–Trinajstić information content (AvgIpc) is 2.99. The monoisotopic (exact) mass is 420 g/mol. The van der Waals surface area contributed by atoms with E-state index >= 15 is 0 Å². The number of carbonyl (C=O) groups excluding carboxylic acids is 2. The predicted octanol–water partition coefficient (Wildman–Crippen LogP) is 4.26. The molecule has 0 atom stereocenters. The van der Waals surface area contributed by atoms with Gasteiger partial charge in [-0.3, -0.25) is 14.3 Å². The number of benzene rings is 2. The summed E-state index contributed by atoms with van der Waals surface area (Å²) in [7, 11) is 1.90. The summed E-state index contributed by atoms with van der Waals surface area (Å²) in [6.07, 6.45) is 1.01. The van der Waals surface area contributed by atoms with Crippen molar-refractivity contribution in [2.45, 2.75) is 33.6 Å². The molecule has 3 aromatic rings. The Kier molecular flexibility index (Phi) is 7.07. The molecule has 7 heteroatoms. The zero-order valence-electron chi connectivity index (χ0n) is 18.4. The van der Waals surface area contributed by atoms with E-state index in [4.69, 9.17) is 4.74 Å². The molecule has 1 aromatic heterocycles. The van der Waals surface area contributed by atoms with Gasteiger partial charge in [0.15, 0.2) is 0 Å². The zero-order chi connectivity index (χ0) is 22.4. The van der Waals surface area contributed by atoms with Crippen molar-refractivity contribution in [3.05, 3.63) is 71.0 Å². The number of rotatable bonds is 8. The first-order chi connectivity index (χ1) is 14.9. The van der Waals surface area contributed by atoms with Gasteiger partial charge in [-0.05, 0) is 81.3 Å². The van der Waals surface area contributed by atoms with Crippen molar-refractivity contribution in [3.8, 4) is 5.75 Å². The van der Waals surface area contributed by atoms with Gasteiger partial charge in [-0.25, -0.2) is 0 Å². The maximum absolute atomic E-state index is 12.4. The van der Waals surface area contributed by atoms with E-state index in [1.165, 1.54) is 0 Å². The van der Waals surface area contributed by atoms with E-state index in [0.717, 1.165) is 22.7 Å². The minimum atomic E-state index is -0.218. The van der Waals surface area contributed by atoms with Gasteiger partial charge in [0.1, 0.15) is 5.75 Å². The molecule has 162 valence electrons. The number of aryl methyl sites for hydroxylation is 2. The molecule has 2 N–H and O–H groups in total. The number of aromatic nitrogens is 2. The number of anilines is 2. The number of hydrogen-bond acceptors (Lipinski definition) is 4. The summed E-state index contributed by atoms with van der Waals surface area (Å²) < 4.78 is 7.23. The van der Waals surface area contributed by atoms with E-state index in [9.17, 15) is 9.59 Å². The van der Waals surface area contributed by atoms with Crippen molar-refractivity contribution in [3.63, 3.8) is 0 Å². The Morgan fingerprint density at radius 3 is 2.16 bits per heavy atom. The van der Waals surface area contributed by atoms with Gasteiger partial charge in [-0.15, -0.1) is 0 Å². The molecule has 0 saturated heterocycles. The highest BCUT2D eigenvalue weighted by atomic mass is 16.5. The van der Waals surface area contributed by atoms with Crippen LogP contribution >= 0.6 is 0 Å². The molecule has 0 spiro atoms. The fourth-order valence-corrected chi connectivity index (χ4v) is 3.35. The van der Waals surface area contributed by atoms with E-state index in [-0.39, 0.29) is 11.8 Å². The molecule has 0 radical (unpaired) electrons. The van der Waals surface area contributed by atoms with E-state index < -0.39 is 0 Å². The molecule has 0 aliphatic heterocycles. The van der Waals surface area contributed by atoms with Gasteiger partial charge in [0.05, 0.1) is 12.3 Å². The zero-order valence-corrected chi connectivity index (χ0v) is 18.4. The molecule has 31 heavy (non-hydrogen) atoms. The highest BCUT2D eigenvalue weighted by molar-refractivity contribution is 6.04. The van der Waals surface area contributed by atoms with Crippen LogP contribution in [0, 0.1) is 13.8 Å². The second-order valence-electron chi connectivity index (χ2n) is 7.31. The Hall–Kier alpha value is -3.61. The van der Waals surface area contributed by atoms with E-state index in [1.54, 1.807) is 36.4 Å². The fourth-order valence-electron chi connectivity index (χ4n) is 3.35. The van der Waals surface area contributed by atoms with Gasteiger partial charge < -0.3 is 15.4 Å². The Balaban J connectivity index is 1.53. The lowest BCUT2D eigenvalue weighted by atomic mass is 10.1. The first-order valence-electron chi connectivity index (χ1n) is 10.3. The minimum absolute atomic E-state index is 0.0748. The van der Waals surface area contributed by atoms with Gasteiger partial charge in [0.25, 0.3) is 5.91 Å². The summed E-state index contributed by atoms with van der Waals surface area (Å²) in [6.45, 7) is 6.48. The van der Waals surface area contributed by atoms with E-state index in [2.05, 4.69) is 15.7 Å². The molecule has 0 unspecified atom stereocenters. The highest BCUT2D eigenvalue weighted by Crippen LogP contribution is 2.18. The normalized spacial score (nSPS) is 10.6. The summed E-state index contributed by atoms with van der Waals surface area (Å²) in [5, 5.41) is 10.1.